The van der Waals surface area contributed by atoms with Gasteiger partial charge in [0.05, 0.1) is 35.9 Å². The molecule has 0 saturated carbocycles. The number of benzene rings is 6. The average molecular weight is 553 g/mol. The maximum atomic E-state index is 9.53. The summed E-state index contributed by atoms with van der Waals surface area (Å²) >= 11 is 0. The molecule has 0 radical (unpaired) electrons. The van der Waals surface area contributed by atoms with Crippen LogP contribution in [0.4, 0.5) is 0 Å². The van der Waals surface area contributed by atoms with Gasteiger partial charge in [-0.05, 0) is 76.3 Å². The van der Waals surface area contributed by atoms with Crippen molar-refractivity contribution in [1.82, 2.24) is 4.57 Å². The normalized spacial score (nSPS) is 12.8. The highest BCUT2D eigenvalue weighted by atomic mass is 16.5. The van der Waals surface area contributed by atoms with Gasteiger partial charge in [-0.1, -0.05) is 72.8 Å². The lowest BCUT2D eigenvalue weighted by atomic mass is 9.92. The van der Waals surface area contributed by atoms with Crippen LogP contribution in [0.2, 0.25) is 0 Å². The molecule has 0 spiro atoms. The molecule has 0 saturated heterocycles. The first-order valence-corrected chi connectivity index (χ1v) is 14.4. The van der Waals surface area contributed by atoms with Gasteiger partial charge in [-0.2, -0.15) is 5.26 Å². The van der Waals surface area contributed by atoms with E-state index in [4.69, 9.17) is 9.15 Å². The molecule has 0 aliphatic carbocycles. The predicted octanol–water partition coefficient (Wildman–Crippen LogP) is 9.92. The van der Waals surface area contributed by atoms with E-state index in [0.29, 0.717) is 18.8 Å². The van der Waals surface area contributed by atoms with Crippen molar-refractivity contribution in [1.29, 1.82) is 5.26 Å². The van der Waals surface area contributed by atoms with E-state index in [1.165, 1.54) is 16.7 Å². The van der Waals surface area contributed by atoms with Gasteiger partial charge >= 0.3 is 0 Å². The molecule has 43 heavy (non-hydrogen) atoms. The molecule has 0 N–H and O–H groups in total. The fraction of sp³-hybridized carbons (Fsp3) is 0.0513. The summed E-state index contributed by atoms with van der Waals surface area (Å²) in [5.41, 5.74) is 12.6. The quantitative estimate of drug-likeness (QED) is 0.214. The standard InChI is InChI=1S/C39H24N2O2/c40-21-24-12-17-37-35(18-24)31-6-1-3-10-36(31)41(37)28-15-16-29-27(19-28)23-42-22-26-14-13-25(20-34(26)29)30-8-5-9-33-32-7-2-4-11-38(32)43-39(30)33/h1-20H,22-23H2. The van der Waals surface area contributed by atoms with Crippen molar-refractivity contribution in [2.45, 2.75) is 13.2 Å². The monoisotopic (exact) mass is 552 g/mol. The van der Waals surface area contributed by atoms with Crippen LogP contribution in [0.1, 0.15) is 16.7 Å². The van der Waals surface area contributed by atoms with E-state index in [1.54, 1.807) is 0 Å². The lowest BCUT2D eigenvalue weighted by Gasteiger charge is -2.14. The van der Waals surface area contributed by atoms with Crippen LogP contribution < -0.4 is 0 Å². The summed E-state index contributed by atoms with van der Waals surface area (Å²) in [5.74, 6) is 0. The molecule has 3 heterocycles. The van der Waals surface area contributed by atoms with E-state index in [9.17, 15) is 5.26 Å². The number of aromatic nitrogens is 1. The lowest BCUT2D eigenvalue weighted by molar-refractivity contribution is 0.110. The first kappa shape index (κ1) is 24.0. The number of rotatable bonds is 2. The van der Waals surface area contributed by atoms with Gasteiger partial charge in [-0.15, -0.1) is 0 Å². The highest BCUT2D eigenvalue weighted by Crippen LogP contribution is 2.41. The van der Waals surface area contributed by atoms with Crippen LogP contribution in [0.25, 0.3) is 71.7 Å². The largest absolute Gasteiger partial charge is 0.455 e. The Labute approximate surface area is 247 Å². The Morgan fingerprint density at radius 1 is 0.581 bits per heavy atom. The molecule has 6 aromatic carbocycles. The maximum Gasteiger partial charge on any atom is 0.143 e. The van der Waals surface area contributed by atoms with E-state index >= 15 is 0 Å². The minimum atomic E-state index is 0.530. The Kier molecular flexibility index (Phi) is 5.13. The number of furan rings is 1. The highest BCUT2D eigenvalue weighted by molar-refractivity contribution is 6.10. The Morgan fingerprint density at radius 3 is 2.33 bits per heavy atom. The summed E-state index contributed by atoms with van der Waals surface area (Å²) in [5, 5.41) is 14.0. The Hall–Kier alpha value is -5.63. The summed E-state index contributed by atoms with van der Waals surface area (Å²) in [7, 11) is 0. The molecular formula is C39H24N2O2. The van der Waals surface area contributed by atoms with Gasteiger partial charge in [0.1, 0.15) is 11.2 Å². The molecular weight excluding hydrogens is 528 g/mol. The lowest BCUT2D eigenvalue weighted by Crippen LogP contribution is -1.97. The molecule has 0 fully saturated rings. The molecule has 4 heteroatoms. The number of hydrogen-bond donors (Lipinski definition) is 0. The summed E-state index contributed by atoms with van der Waals surface area (Å²) in [4.78, 5) is 0. The topological polar surface area (TPSA) is 51.1 Å². The third kappa shape index (κ3) is 3.59. The third-order valence-electron chi connectivity index (χ3n) is 8.78. The first-order chi connectivity index (χ1) is 21.3. The fourth-order valence-electron chi connectivity index (χ4n) is 6.79. The molecule has 9 rings (SSSR count). The molecule has 202 valence electrons. The fourth-order valence-corrected chi connectivity index (χ4v) is 6.79. The highest BCUT2D eigenvalue weighted by Gasteiger charge is 2.20. The summed E-state index contributed by atoms with van der Waals surface area (Å²) in [6.45, 7) is 1.09. The molecule has 2 aromatic heterocycles. The van der Waals surface area contributed by atoms with Gasteiger partial charge in [0.15, 0.2) is 0 Å². The SMILES string of the molecule is N#Cc1ccc2c(c1)c1ccccc1n2-c1ccc2c(c1)COCc1ccc(-c3cccc4c3oc3ccccc34)cc1-2. The summed E-state index contributed by atoms with van der Waals surface area (Å²) < 4.78 is 14.9. The van der Waals surface area contributed by atoms with Crippen LogP contribution in [-0.4, -0.2) is 4.57 Å². The van der Waals surface area contributed by atoms with Gasteiger partial charge in [-0.3, -0.25) is 0 Å². The van der Waals surface area contributed by atoms with E-state index in [-0.39, 0.29) is 0 Å². The molecule has 0 atom stereocenters. The molecule has 8 aromatic rings. The Balaban J connectivity index is 1.21. The molecule has 1 aliphatic heterocycles. The average Bonchev–Trinajstić information content (AvgIpc) is 3.54. The second-order valence-corrected chi connectivity index (χ2v) is 11.2. The number of hydrogen-bond acceptors (Lipinski definition) is 3. The molecule has 4 nitrogen and oxygen atoms in total. The van der Waals surface area contributed by atoms with Crippen molar-refractivity contribution >= 4 is 43.7 Å². The zero-order chi connectivity index (χ0) is 28.5. The van der Waals surface area contributed by atoms with Crippen LogP contribution in [0.15, 0.2) is 126 Å². The summed E-state index contributed by atoms with van der Waals surface area (Å²) in [6, 6.07) is 44.5. The van der Waals surface area contributed by atoms with E-state index < -0.39 is 0 Å². The van der Waals surface area contributed by atoms with Crippen LogP contribution >= 0.6 is 0 Å². The Bertz CT molecular complexity index is 2450. The summed E-state index contributed by atoms with van der Waals surface area (Å²) in [6.07, 6.45) is 0. The minimum absolute atomic E-state index is 0.530. The van der Waals surface area contributed by atoms with Crippen LogP contribution in [0, 0.1) is 11.3 Å². The van der Waals surface area contributed by atoms with E-state index in [0.717, 1.165) is 66.1 Å². The third-order valence-corrected chi connectivity index (χ3v) is 8.78. The molecule has 0 unspecified atom stereocenters. The maximum absolute atomic E-state index is 9.53. The molecule has 1 aliphatic rings. The minimum Gasteiger partial charge on any atom is -0.455 e. The smallest absolute Gasteiger partial charge is 0.143 e. The van der Waals surface area contributed by atoms with Gasteiger partial charge in [0, 0.05) is 32.8 Å². The number of nitriles is 1. The van der Waals surface area contributed by atoms with Gasteiger partial charge in [-0.25, -0.2) is 0 Å². The van der Waals surface area contributed by atoms with Crippen molar-refractivity contribution in [3.63, 3.8) is 0 Å². The van der Waals surface area contributed by atoms with Crippen molar-refractivity contribution in [2.75, 3.05) is 0 Å². The van der Waals surface area contributed by atoms with Crippen molar-refractivity contribution in [2.24, 2.45) is 0 Å². The second-order valence-electron chi connectivity index (χ2n) is 11.2. The number of nitrogens with zero attached hydrogens (tertiary/aromatic N) is 2. The Morgan fingerprint density at radius 2 is 1.40 bits per heavy atom. The van der Waals surface area contributed by atoms with Crippen LogP contribution in [0.5, 0.6) is 0 Å². The predicted molar refractivity (Wildman–Crippen MR) is 172 cm³/mol. The van der Waals surface area contributed by atoms with Gasteiger partial charge < -0.3 is 13.7 Å². The van der Waals surface area contributed by atoms with Crippen molar-refractivity contribution in [3.05, 3.63) is 138 Å². The van der Waals surface area contributed by atoms with E-state index in [2.05, 4.69) is 108 Å². The van der Waals surface area contributed by atoms with Crippen molar-refractivity contribution in [3.8, 4) is 34.0 Å². The van der Waals surface area contributed by atoms with Crippen LogP contribution in [0.3, 0.4) is 0 Å². The zero-order valence-electron chi connectivity index (χ0n) is 23.2. The second kappa shape index (κ2) is 9.19. The van der Waals surface area contributed by atoms with E-state index in [1.807, 2.05) is 24.3 Å². The zero-order valence-corrected chi connectivity index (χ0v) is 23.2. The molecule has 0 amide bonds. The van der Waals surface area contributed by atoms with Crippen LogP contribution in [-0.2, 0) is 18.0 Å². The molecule has 0 bridgehead atoms. The van der Waals surface area contributed by atoms with Gasteiger partial charge in [0.25, 0.3) is 0 Å². The number of fused-ring (bicyclic) bond motifs is 9. The first-order valence-electron chi connectivity index (χ1n) is 14.4. The van der Waals surface area contributed by atoms with Gasteiger partial charge in [0.2, 0.25) is 0 Å². The number of ether oxygens (including phenoxy) is 1. The van der Waals surface area contributed by atoms with Crippen molar-refractivity contribution < 1.29 is 9.15 Å². The number of para-hydroxylation sites is 3.